The summed E-state index contributed by atoms with van der Waals surface area (Å²) in [6, 6.07) is 74.7. The van der Waals surface area contributed by atoms with Crippen LogP contribution in [0.2, 0.25) is 0 Å². The van der Waals surface area contributed by atoms with E-state index >= 15 is 0 Å². The van der Waals surface area contributed by atoms with E-state index in [1.807, 2.05) is 0 Å². The lowest BCUT2D eigenvalue weighted by Crippen LogP contribution is -1.86. The van der Waals surface area contributed by atoms with Crippen LogP contribution < -0.4 is 0 Å². The third-order valence-electron chi connectivity index (χ3n) is 12.6. The van der Waals surface area contributed by atoms with Gasteiger partial charge in [0.05, 0.1) is 0 Å². The Labute approximate surface area is 345 Å². The van der Waals surface area contributed by atoms with E-state index in [9.17, 15) is 0 Å². The Morgan fingerprint density at radius 3 is 1.27 bits per heavy atom. The molecule has 0 saturated heterocycles. The van der Waals surface area contributed by atoms with Crippen molar-refractivity contribution in [2.75, 3.05) is 0 Å². The Morgan fingerprint density at radius 2 is 0.633 bits per heavy atom. The van der Waals surface area contributed by atoms with Crippen molar-refractivity contribution in [1.82, 2.24) is 0 Å². The van der Waals surface area contributed by atoms with Crippen LogP contribution in [-0.2, 0) is 0 Å². The highest BCUT2D eigenvalue weighted by molar-refractivity contribution is 6.16. The predicted octanol–water partition coefficient (Wildman–Crippen LogP) is 16.8. The SMILES string of the molecule is c1cc(-c2ccc3cc(-c4ccc5oc6cc7c(cc6c5c4)oc4ccc(-c5ccc6ccccc6c5)cc47)ccc3c2)cc(-c2cc3ccccc3c3ccccc23)c1. The Bertz CT molecular complexity index is 3900. The van der Waals surface area contributed by atoms with Crippen molar-refractivity contribution < 1.29 is 8.83 Å². The Balaban J connectivity index is 0.841. The minimum Gasteiger partial charge on any atom is -0.456 e. The van der Waals surface area contributed by atoms with Gasteiger partial charge in [0.1, 0.15) is 22.3 Å². The van der Waals surface area contributed by atoms with E-state index in [2.05, 4.69) is 206 Å². The molecule has 0 unspecified atom stereocenters. The van der Waals surface area contributed by atoms with Crippen LogP contribution in [0.5, 0.6) is 0 Å². The van der Waals surface area contributed by atoms with E-state index in [-0.39, 0.29) is 0 Å². The van der Waals surface area contributed by atoms with Crippen LogP contribution in [0, 0.1) is 0 Å². The minimum absolute atomic E-state index is 0.859. The summed E-state index contributed by atoms with van der Waals surface area (Å²) in [7, 11) is 0. The number of hydrogen-bond donors (Lipinski definition) is 0. The molecule has 0 spiro atoms. The maximum absolute atomic E-state index is 6.49. The third kappa shape index (κ3) is 5.21. The van der Waals surface area contributed by atoms with Gasteiger partial charge in [0.15, 0.2) is 0 Å². The maximum atomic E-state index is 6.49. The van der Waals surface area contributed by atoms with E-state index < -0.39 is 0 Å². The molecule has 0 atom stereocenters. The molecular formula is C58H34O2. The van der Waals surface area contributed by atoms with Gasteiger partial charge in [-0.2, -0.15) is 0 Å². The highest BCUT2D eigenvalue weighted by Gasteiger charge is 2.16. The molecule has 13 aromatic rings. The fourth-order valence-electron chi connectivity index (χ4n) is 9.54. The maximum Gasteiger partial charge on any atom is 0.136 e. The zero-order valence-corrected chi connectivity index (χ0v) is 32.4. The molecule has 11 aromatic carbocycles. The summed E-state index contributed by atoms with van der Waals surface area (Å²) < 4.78 is 13.0. The van der Waals surface area contributed by atoms with E-state index in [1.165, 1.54) is 76.5 Å². The lowest BCUT2D eigenvalue weighted by atomic mass is 9.91. The first-order chi connectivity index (χ1) is 29.7. The molecule has 13 rings (SSSR count). The second-order valence-electron chi connectivity index (χ2n) is 16.1. The lowest BCUT2D eigenvalue weighted by Gasteiger charge is -2.13. The van der Waals surface area contributed by atoms with Gasteiger partial charge in [-0.25, -0.2) is 0 Å². The first kappa shape index (κ1) is 33.1. The Kier molecular flexibility index (Phi) is 7.05. The third-order valence-corrected chi connectivity index (χ3v) is 12.6. The minimum atomic E-state index is 0.859. The summed E-state index contributed by atoms with van der Waals surface area (Å²) in [5.41, 5.74) is 13.0. The average molecular weight is 763 g/mol. The van der Waals surface area contributed by atoms with Crippen LogP contribution in [0.1, 0.15) is 0 Å². The van der Waals surface area contributed by atoms with Crippen molar-refractivity contribution in [2.45, 2.75) is 0 Å². The summed E-state index contributed by atoms with van der Waals surface area (Å²) in [6.45, 7) is 0. The number of fused-ring (bicyclic) bond motifs is 11. The van der Waals surface area contributed by atoms with Crippen LogP contribution in [-0.4, -0.2) is 0 Å². The van der Waals surface area contributed by atoms with E-state index in [1.54, 1.807) is 0 Å². The van der Waals surface area contributed by atoms with Crippen LogP contribution in [0.3, 0.4) is 0 Å². The molecule has 2 heteroatoms. The van der Waals surface area contributed by atoms with Crippen molar-refractivity contribution in [3.05, 3.63) is 206 Å². The smallest absolute Gasteiger partial charge is 0.136 e. The molecule has 0 radical (unpaired) electrons. The number of hydrogen-bond acceptors (Lipinski definition) is 2. The monoisotopic (exact) mass is 762 g/mol. The molecule has 60 heavy (non-hydrogen) atoms. The van der Waals surface area contributed by atoms with Gasteiger partial charge in [-0.05, 0) is 154 Å². The van der Waals surface area contributed by atoms with Gasteiger partial charge in [-0.3, -0.25) is 0 Å². The second kappa shape index (κ2) is 12.8. The molecule has 0 bridgehead atoms. The molecule has 0 aliphatic rings. The molecule has 0 aliphatic heterocycles. The normalized spacial score (nSPS) is 12.0. The summed E-state index contributed by atoms with van der Waals surface area (Å²) in [6.07, 6.45) is 0. The van der Waals surface area contributed by atoms with Gasteiger partial charge in [0.25, 0.3) is 0 Å². The first-order valence-electron chi connectivity index (χ1n) is 20.5. The molecule has 2 aromatic heterocycles. The largest absolute Gasteiger partial charge is 0.456 e. The molecule has 0 fully saturated rings. The molecule has 0 aliphatic carbocycles. The van der Waals surface area contributed by atoms with Gasteiger partial charge in [0, 0.05) is 21.5 Å². The average Bonchev–Trinajstić information content (AvgIpc) is 3.86. The van der Waals surface area contributed by atoms with Crippen molar-refractivity contribution in [3.63, 3.8) is 0 Å². The lowest BCUT2D eigenvalue weighted by molar-refractivity contribution is 0.664. The van der Waals surface area contributed by atoms with Crippen molar-refractivity contribution in [3.8, 4) is 44.5 Å². The number of rotatable bonds is 4. The zero-order valence-electron chi connectivity index (χ0n) is 32.4. The molecule has 278 valence electrons. The van der Waals surface area contributed by atoms with Crippen LogP contribution in [0.15, 0.2) is 215 Å². The van der Waals surface area contributed by atoms with E-state index in [0.717, 1.165) is 55.0 Å². The summed E-state index contributed by atoms with van der Waals surface area (Å²) >= 11 is 0. The number of furan rings is 2. The van der Waals surface area contributed by atoms with E-state index in [0.29, 0.717) is 0 Å². The molecule has 2 heterocycles. The van der Waals surface area contributed by atoms with E-state index in [4.69, 9.17) is 8.83 Å². The zero-order chi connectivity index (χ0) is 39.3. The summed E-state index contributed by atoms with van der Waals surface area (Å²) in [4.78, 5) is 0. The first-order valence-corrected chi connectivity index (χ1v) is 20.5. The van der Waals surface area contributed by atoms with Crippen LogP contribution in [0.25, 0.3) is 131 Å². The molecule has 2 nitrogen and oxygen atoms in total. The van der Waals surface area contributed by atoms with Gasteiger partial charge in [0.2, 0.25) is 0 Å². The van der Waals surface area contributed by atoms with Crippen molar-refractivity contribution in [2.24, 2.45) is 0 Å². The quantitative estimate of drug-likeness (QED) is 0.167. The van der Waals surface area contributed by atoms with Crippen LogP contribution in [0.4, 0.5) is 0 Å². The van der Waals surface area contributed by atoms with Gasteiger partial charge < -0.3 is 8.83 Å². The second-order valence-corrected chi connectivity index (χ2v) is 16.1. The highest BCUT2D eigenvalue weighted by Crippen LogP contribution is 2.41. The van der Waals surface area contributed by atoms with Gasteiger partial charge in [-0.1, -0.05) is 140 Å². The van der Waals surface area contributed by atoms with Gasteiger partial charge >= 0.3 is 0 Å². The predicted molar refractivity (Wildman–Crippen MR) is 253 cm³/mol. The molecule has 0 N–H and O–H groups in total. The molecule has 0 saturated carbocycles. The molecule has 0 amide bonds. The standard InChI is InChI=1S/C58H34O2/c1-2-9-36-26-41(17-16-35(36)8-1)43-22-24-55-51(30-43)53-33-58-54(34-57(53)59-55)52-31-44(23-25-56(52)60-58)42-21-20-39-27-38(18-19-40(39)28-42)37-11-7-12-45(29-37)50-32-46-10-3-4-13-47(46)48-14-5-6-15-49(48)50/h1-34H. The fourth-order valence-corrected chi connectivity index (χ4v) is 9.54. The van der Waals surface area contributed by atoms with Crippen molar-refractivity contribution in [1.29, 1.82) is 0 Å². The summed E-state index contributed by atoms with van der Waals surface area (Å²) in [5.74, 6) is 0. The van der Waals surface area contributed by atoms with Crippen molar-refractivity contribution >= 4 is 87.0 Å². The molecular weight excluding hydrogens is 729 g/mol. The topological polar surface area (TPSA) is 26.3 Å². The highest BCUT2D eigenvalue weighted by atomic mass is 16.3. The van der Waals surface area contributed by atoms with Crippen LogP contribution >= 0.6 is 0 Å². The fraction of sp³-hybridized carbons (Fsp3) is 0. The summed E-state index contributed by atoms with van der Waals surface area (Å²) in [5, 5.41) is 14.3. The number of benzene rings is 11. The Hall–Kier alpha value is -7.94. The van der Waals surface area contributed by atoms with Gasteiger partial charge in [-0.15, -0.1) is 0 Å². The Morgan fingerprint density at radius 1 is 0.200 bits per heavy atom.